The number of carbonyl (C=O) groups is 1. The van der Waals surface area contributed by atoms with Crippen molar-refractivity contribution in [3.8, 4) is 11.4 Å². The maximum Gasteiger partial charge on any atom is 0.226 e. The number of nitrogens with one attached hydrogen (secondary N) is 1. The number of hydrogen-bond acceptors (Lipinski definition) is 4. The van der Waals surface area contributed by atoms with Gasteiger partial charge >= 0.3 is 0 Å². The molecular weight excluding hydrogens is 396 g/mol. The minimum atomic E-state index is -0.291. The predicted octanol–water partition coefficient (Wildman–Crippen LogP) is 5.57. The highest BCUT2D eigenvalue weighted by molar-refractivity contribution is 6.30. The van der Waals surface area contributed by atoms with Crippen molar-refractivity contribution in [1.82, 2.24) is 14.8 Å². The van der Waals surface area contributed by atoms with Crippen LogP contribution in [0.25, 0.3) is 11.4 Å². The van der Waals surface area contributed by atoms with Gasteiger partial charge in [-0.2, -0.15) is 4.98 Å². The Morgan fingerprint density at radius 2 is 1.93 bits per heavy atom. The van der Waals surface area contributed by atoms with Gasteiger partial charge in [0.2, 0.25) is 5.95 Å². The van der Waals surface area contributed by atoms with E-state index in [1.807, 2.05) is 35.0 Å². The molecule has 5 rings (SSSR count). The second kappa shape index (κ2) is 6.81. The lowest BCUT2D eigenvalue weighted by atomic mass is 9.73. The molecule has 0 spiro atoms. The number of fused-ring (bicyclic) bond motifs is 1. The number of carbonyl (C=O) groups excluding carboxylic acids is 1. The van der Waals surface area contributed by atoms with Crippen molar-refractivity contribution >= 4 is 23.3 Å². The van der Waals surface area contributed by atoms with Gasteiger partial charge in [-0.05, 0) is 36.5 Å². The lowest BCUT2D eigenvalue weighted by Gasteiger charge is -2.38. The first-order chi connectivity index (χ1) is 14.3. The van der Waals surface area contributed by atoms with Crippen LogP contribution in [0.2, 0.25) is 5.02 Å². The Morgan fingerprint density at radius 3 is 2.70 bits per heavy atom. The van der Waals surface area contributed by atoms with Crippen LogP contribution >= 0.6 is 11.6 Å². The molecule has 0 amide bonds. The van der Waals surface area contributed by atoms with E-state index in [0.29, 0.717) is 23.2 Å². The molecule has 1 aromatic heterocycles. The minimum absolute atomic E-state index is 0.0853. The third-order valence-electron chi connectivity index (χ3n) is 5.77. The summed E-state index contributed by atoms with van der Waals surface area (Å²) in [6.45, 7) is 6.33. The number of Topliss-reactive ketones (excluding diaryl/α,β-unsaturated/α-hetero) is 1. The topological polar surface area (TPSA) is 59.8 Å². The monoisotopic (exact) mass is 418 g/mol. The van der Waals surface area contributed by atoms with Crippen LogP contribution < -0.4 is 5.32 Å². The zero-order chi connectivity index (χ0) is 21.0. The molecule has 152 valence electrons. The number of rotatable bonds is 2. The van der Waals surface area contributed by atoms with Crippen molar-refractivity contribution in [3.63, 3.8) is 0 Å². The quantitative estimate of drug-likeness (QED) is 0.591. The molecule has 30 heavy (non-hydrogen) atoms. The summed E-state index contributed by atoms with van der Waals surface area (Å²) in [7, 11) is 0. The molecule has 6 heteroatoms. The molecule has 1 N–H and O–H groups in total. The summed E-state index contributed by atoms with van der Waals surface area (Å²) in [4.78, 5) is 18.0. The molecular formula is C24H23ClN4O. The van der Waals surface area contributed by atoms with E-state index in [0.717, 1.165) is 34.4 Å². The molecule has 0 saturated carbocycles. The Morgan fingerprint density at radius 1 is 1.13 bits per heavy atom. The molecule has 2 heterocycles. The van der Waals surface area contributed by atoms with E-state index < -0.39 is 0 Å². The SMILES string of the molecule is Cc1cccc(C2C3=C(CC(C)(C)CC3=O)Nc3nc(-c4cccc(Cl)c4)nn32)c1. The van der Waals surface area contributed by atoms with Crippen LogP contribution in [0.4, 0.5) is 5.95 Å². The van der Waals surface area contributed by atoms with E-state index in [4.69, 9.17) is 21.7 Å². The van der Waals surface area contributed by atoms with Crippen LogP contribution in [-0.2, 0) is 4.79 Å². The number of ketones is 1. The Bertz CT molecular complexity index is 1210. The minimum Gasteiger partial charge on any atom is -0.328 e. The van der Waals surface area contributed by atoms with Gasteiger partial charge in [0, 0.05) is 28.3 Å². The summed E-state index contributed by atoms with van der Waals surface area (Å²) in [5, 5.41) is 8.87. The Balaban J connectivity index is 1.69. The zero-order valence-corrected chi connectivity index (χ0v) is 18.0. The molecule has 1 aliphatic heterocycles. The summed E-state index contributed by atoms with van der Waals surface area (Å²) in [5.41, 5.74) is 4.71. The van der Waals surface area contributed by atoms with Crippen molar-refractivity contribution in [2.24, 2.45) is 5.41 Å². The average Bonchev–Trinajstić information content (AvgIpc) is 3.09. The third kappa shape index (κ3) is 3.23. The lowest BCUT2D eigenvalue weighted by Crippen LogP contribution is -2.36. The van der Waals surface area contributed by atoms with E-state index in [1.165, 1.54) is 0 Å². The summed E-state index contributed by atoms with van der Waals surface area (Å²) in [5.74, 6) is 1.41. The number of aromatic nitrogens is 3. The fourth-order valence-electron chi connectivity index (χ4n) is 4.51. The molecule has 3 aromatic rings. The molecule has 0 radical (unpaired) electrons. The molecule has 2 aromatic carbocycles. The van der Waals surface area contributed by atoms with Gasteiger partial charge in [0.25, 0.3) is 0 Å². The number of allylic oxidation sites excluding steroid dienone is 2. The summed E-state index contributed by atoms with van der Waals surface area (Å²) in [6.07, 6.45) is 1.33. The second-order valence-corrected chi connectivity index (χ2v) is 9.43. The molecule has 2 aliphatic rings. The molecule has 5 nitrogen and oxygen atoms in total. The van der Waals surface area contributed by atoms with Crippen molar-refractivity contribution < 1.29 is 4.79 Å². The fourth-order valence-corrected chi connectivity index (χ4v) is 4.70. The molecule has 1 aliphatic carbocycles. The predicted molar refractivity (Wildman–Crippen MR) is 118 cm³/mol. The molecule has 0 bridgehead atoms. The standard InChI is InChI=1S/C24H23ClN4O/c1-14-6-4-7-15(10-14)21-20-18(12-24(2,3)13-19(20)30)26-23-27-22(28-29(21)23)16-8-5-9-17(25)11-16/h4-11,21H,12-13H2,1-3H3,(H,26,27,28). The first kappa shape index (κ1) is 19.1. The van der Waals surface area contributed by atoms with Gasteiger partial charge in [-0.1, -0.05) is 67.4 Å². The zero-order valence-electron chi connectivity index (χ0n) is 17.2. The highest BCUT2D eigenvalue weighted by atomic mass is 35.5. The first-order valence-corrected chi connectivity index (χ1v) is 10.5. The van der Waals surface area contributed by atoms with Crippen LogP contribution in [0.3, 0.4) is 0 Å². The summed E-state index contributed by atoms with van der Waals surface area (Å²) >= 11 is 6.18. The number of nitrogens with zero attached hydrogens (tertiary/aromatic N) is 3. The highest BCUT2D eigenvalue weighted by Gasteiger charge is 2.41. The first-order valence-electron chi connectivity index (χ1n) is 10.1. The number of halogens is 1. The smallest absolute Gasteiger partial charge is 0.226 e. The van der Waals surface area contributed by atoms with E-state index in [2.05, 4.69) is 44.3 Å². The highest BCUT2D eigenvalue weighted by Crippen LogP contribution is 2.45. The van der Waals surface area contributed by atoms with Crippen molar-refractivity contribution in [3.05, 3.63) is 76.0 Å². The van der Waals surface area contributed by atoms with Crippen LogP contribution in [0, 0.1) is 12.3 Å². The van der Waals surface area contributed by atoms with Gasteiger partial charge in [0.05, 0.1) is 0 Å². The number of hydrogen-bond donors (Lipinski definition) is 1. The van der Waals surface area contributed by atoms with Crippen LogP contribution in [-0.4, -0.2) is 20.5 Å². The van der Waals surface area contributed by atoms with Gasteiger partial charge in [-0.25, -0.2) is 4.68 Å². The summed E-state index contributed by atoms with van der Waals surface area (Å²) in [6, 6.07) is 15.5. The fraction of sp³-hybridized carbons (Fsp3) is 0.292. The Kier molecular flexibility index (Phi) is 4.33. The van der Waals surface area contributed by atoms with Crippen LogP contribution in [0.5, 0.6) is 0 Å². The van der Waals surface area contributed by atoms with Gasteiger partial charge < -0.3 is 5.32 Å². The van der Waals surface area contributed by atoms with Gasteiger partial charge in [-0.3, -0.25) is 4.79 Å². The number of aryl methyl sites for hydroxylation is 1. The maximum atomic E-state index is 13.3. The molecule has 0 fully saturated rings. The lowest BCUT2D eigenvalue weighted by molar-refractivity contribution is -0.118. The second-order valence-electron chi connectivity index (χ2n) is 8.99. The van der Waals surface area contributed by atoms with Gasteiger partial charge in [0.15, 0.2) is 11.6 Å². The molecule has 1 unspecified atom stereocenters. The van der Waals surface area contributed by atoms with Crippen molar-refractivity contribution in [1.29, 1.82) is 0 Å². The van der Waals surface area contributed by atoms with E-state index in [-0.39, 0.29) is 17.2 Å². The maximum absolute atomic E-state index is 13.3. The normalized spacial score (nSPS) is 19.9. The van der Waals surface area contributed by atoms with E-state index in [9.17, 15) is 4.79 Å². The Hall–Kier alpha value is -2.92. The van der Waals surface area contributed by atoms with Gasteiger partial charge in [0.1, 0.15) is 6.04 Å². The van der Waals surface area contributed by atoms with Gasteiger partial charge in [-0.15, -0.1) is 5.10 Å². The molecule has 1 atom stereocenters. The average molecular weight is 419 g/mol. The molecule has 0 saturated heterocycles. The number of benzene rings is 2. The van der Waals surface area contributed by atoms with Crippen LogP contribution in [0.15, 0.2) is 59.8 Å². The number of anilines is 1. The largest absolute Gasteiger partial charge is 0.328 e. The van der Waals surface area contributed by atoms with E-state index >= 15 is 0 Å². The van der Waals surface area contributed by atoms with E-state index in [1.54, 1.807) is 0 Å². The van der Waals surface area contributed by atoms with Crippen LogP contribution in [0.1, 0.15) is 43.9 Å². The van der Waals surface area contributed by atoms with Crippen molar-refractivity contribution in [2.45, 2.75) is 39.7 Å². The summed E-state index contributed by atoms with van der Waals surface area (Å²) < 4.78 is 1.85. The Labute approximate surface area is 180 Å². The van der Waals surface area contributed by atoms with Crippen molar-refractivity contribution in [2.75, 3.05) is 5.32 Å². The third-order valence-corrected chi connectivity index (χ3v) is 6.01.